The van der Waals surface area contributed by atoms with Crippen molar-refractivity contribution in [2.24, 2.45) is 10.2 Å². The highest BCUT2D eigenvalue weighted by molar-refractivity contribution is 6.00. The third-order valence-corrected chi connectivity index (χ3v) is 11.7. The number of amides is 3. The van der Waals surface area contributed by atoms with Gasteiger partial charge in [0.05, 0.1) is 291 Å². The Morgan fingerprint density at radius 1 is 0.309 bits per heavy atom. The van der Waals surface area contributed by atoms with Crippen molar-refractivity contribution in [1.82, 2.24) is 16.0 Å². The van der Waals surface area contributed by atoms with E-state index in [9.17, 15) is 14.4 Å². The van der Waals surface area contributed by atoms with Gasteiger partial charge in [-0.2, -0.15) is 0 Å². The summed E-state index contributed by atoms with van der Waals surface area (Å²) >= 11 is 0. The first-order valence-electron chi connectivity index (χ1n) is 33.1. The van der Waals surface area contributed by atoms with E-state index in [0.29, 0.717) is 296 Å². The van der Waals surface area contributed by atoms with Gasteiger partial charge in [-0.1, -0.05) is 10.2 Å². The molecule has 0 spiro atoms. The lowest BCUT2D eigenvalue weighted by atomic mass is 10.0. The summed E-state index contributed by atoms with van der Waals surface area (Å²) in [6, 6.07) is 4.68. The molecule has 35 heteroatoms. The van der Waals surface area contributed by atoms with Crippen LogP contribution in [-0.2, 0) is 115 Å². The van der Waals surface area contributed by atoms with Crippen LogP contribution in [0.1, 0.15) is 47.1 Å². The van der Waals surface area contributed by atoms with Gasteiger partial charge in [-0.25, -0.2) is 4.79 Å². The van der Waals surface area contributed by atoms with E-state index in [1.807, 2.05) is 0 Å². The van der Waals surface area contributed by atoms with Gasteiger partial charge in [0, 0.05) is 53.7 Å². The number of rotatable bonds is 76. The largest absolute Gasteiger partial charge is 0.444 e. The van der Waals surface area contributed by atoms with Gasteiger partial charge in [-0.15, -0.1) is 0 Å². The first kappa shape index (κ1) is 90.2. The molecule has 1 aromatic rings. The van der Waals surface area contributed by atoms with E-state index in [2.05, 4.69) is 36.0 Å². The van der Waals surface area contributed by atoms with Crippen molar-refractivity contribution >= 4 is 17.9 Å². The average molecular weight is 1400 g/mol. The van der Waals surface area contributed by atoms with Gasteiger partial charge in [0.1, 0.15) is 5.60 Å². The number of carbonyl (C=O) groups is 3. The molecule has 0 aliphatic heterocycles. The van der Waals surface area contributed by atoms with Crippen LogP contribution in [0, 0.1) is 0 Å². The van der Waals surface area contributed by atoms with Crippen LogP contribution in [-0.4, -0.2) is 340 Å². The smallest absolute Gasteiger partial charge is 0.407 e. The number of ether oxygens (including phenoxy) is 23. The van der Waals surface area contributed by atoms with E-state index in [-0.39, 0.29) is 44.0 Å². The number of nitrogens with one attached hydrogen (secondary N) is 3. The molecule has 0 radical (unpaired) electrons. The van der Waals surface area contributed by atoms with E-state index in [0.717, 1.165) is 0 Å². The lowest BCUT2D eigenvalue weighted by Crippen LogP contribution is -2.32. The minimum absolute atomic E-state index is 0.0124. The zero-order valence-electron chi connectivity index (χ0n) is 57.7. The summed E-state index contributed by atoms with van der Waals surface area (Å²) in [5.74, 6) is -0.852. The Morgan fingerprint density at radius 2 is 0.505 bits per heavy atom. The van der Waals surface area contributed by atoms with Crippen molar-refractivity contribution < 1.29 is 123 Å². The zero-order valence-corrected chi connectivity index (χ0v) is 57.7. The Hall–Kier alpha value is -4.83. The molecule has 1 rings (SSSR count). The number of azide groups is 2. The quantitative estimate of drug-likeness (QED) is 0.0365. The number of benzene rings is 1. The molecule has 0 atom stereocenters. The van der Waals surface area contributed by atoms with Gasteiger partial charge in [0.15, 0.2) is 0 Å². The minimum atomic E-state index is -0.713. The Bertz CT molecular complexity index is 1930. The predicted octanol–water partition coefficient (Wildman–Crippen LogP) is 3.16. The van der Waals surface area contributed by atoms with Gasteiger partial charge in [-0.3, -0.25) is 9.59 Å². The molecule has 0 aromatic heterocycles. The van der Waals surface area contributed by atoms with Crippen molar-refractivity contribution in [2.75, 3.05) is 317 Å². The molecule has 0 unspecified atom stereocenters. The topological polar surface area (TPSA) is 397 Å². The van der Waals surface area contributed by atoms with Crippen LogP contribution in [0.15, 0.2) is 28.4 Å². The molecule has 3 N–H and O–H groups in total. The Labute approximate surface area is 571 Å². The Morgan fingerprint density at radius 3 is 0.701 bits per heavy atom. The first-order chi connectivity index (χ1) is 47.7. The van der Waals surface area contributed by atoms with E-state index < -0.39 is 23.5 Å². The second-order valence-electron chi connectivity index (χ2n) is 20.7. The monoisotopic (exact) mass is 1400 g/mol. The van der Waals surface area contributed by atoms with E-state index in [1.165, 1.54) is 6.07 Å². The van der Waals surface area contributed by atoms with Crippen molar-refractivity contribution in [2.45, 2.75) is 32.9 Å². The maximum absolute atomic E-state index is 13.3. The van der Waals surface area contributed by atoms with Crippen LogP contribution in [0.4, 0.5) is 4.79 Å². The van der Waals surface area contributed by atoms with Gasteiger partial charge in [0.2, 0.25) is 0 Å². The molecule has 0 saturated heterocycles. The summed E-state index contributed by atoms with van der Waals surface area (Å²) in [4.78, 5) is 44.2. The average Bonchev–Trinajstić information content (AvgIpc) is 1.85. The van der Waals surface area contributed by atoms with Gasteiger partial charge in [0.25, 0.3) is 11.8 Å². The molecule has 0 fully saturated rings. The fourth-order valence-corrected chi connectivity index (χ4v) is 7.12. The maximum Gasteiger partial charge on any atom is 0.407 e. The van der Waals surface area contributed by atoms with Crippen LogP contribution < -0.4 is 16.0 Å². The summed E-state index contributed by atoms with van der Waals surface area (Å²) < 4.78 is 126. The molecular weight excluding hydrogens is 1290 g/mol. The van der Waals surface area contributed by atoms with Gasteiger partial charge < -0.3 is 125 Å². The molecule has 1 aromatic carbocycles. The molecule has 0 aliphatic rings. The molecular formula is C62H113N9O26. The molecule has 0 aliphatic carbocycles. The van der Waals surface area contributed by atoms with Gasteiger partial charge in [-0.05, 0) is 55.6 Å². The van der Waals surface area contributed by atoms with Crippen molar-refractivity contribution in [3.8, 4) is 0 Å². The number of hydrogen-bond donors (Lipinski definition) is 3. The first-order valence-corrected chi connectivity index (χ1v) is 33.1. The second-order valence-corrected chi connectivity index (χ2v) is 20.7. The van der Waals surface area contributed by atoms with Crippen molar-refractivity contribution in [3.05, 3.63) is 55.8 Å². The van der Waals surface area contributed by atoms with E-state index in [4.69, 9.17) is 120 Å². The molecule has 35 nitrogen and oxygen atoms in total. The number of carbonyl (C=O) groups excluding carboxylic acids is 3. The fourth-order valence-electron chi connectivity index (χ4n) is 7.12. The highest BCUT2D eigenvalue weighted by Gasteiger charge is 2.18. The molecule has 97 heavy (non-hydrogen) atoms. The Kier molecular flexibility index (Phi) is 67.3. The number of nitrogens with zero attached hydrogens (tertiary/aromatic N) is 6. The minimum Gasteiger partial charge on any atom is -0.444 e. The van der Waals surface area contributed by atoms with Crippen molar-refractivity contribution in [3.63, 3.8) is 0 Å². The van der Waals surface area contributed by atoms with Gasteiger partial charge >= 0.3 is 6.09 Å². The van der Waals surface area contributed by atoms with Crippen molar-refractivity contribution in [1.29, 1.82) is 0 Å². The molecule has 0 saturated carbocycles. The van der Waals surface area contributed by atoms with Crippen LogP contribution in [0.2, 0.25) is 0 Å². The van der Waals surface area contributed by atoms with E-state index in [1.54, 1.807) is 32.9 Å². The highest BCUT2D eigenvalue weighted by atomic mass is 16.6. The fraction of sp³-hybridized carbons (Fsp3) is 0.855. The Balaban J connectivity index is 2.02. The lowest BCUT2D eigenvalue weighted by Gasteiger charge is -2.20. The third-order valence-electron chi connectivity index (χ3n) is 11.7. The molecule has 3 amide bonds. The van der Waals surface area contributed by atoms with Crippen LogP contribution in [0.3, 0.4) is 0 Å². The lowest BCUT2D eigenvalue weighted by molar-refractivity contribution is -0.0274. The molecule has 562 valence electrons. The summed E-state index contributed by atoms with van der Waals surface area (Å²) in [6.45, 7) is 24.6. The summed E-state index contributed by atoms with van der Waals surface area (Å²) in [6.07, 6.45) is -0.640. The molecule has 0 heterocycles. The van der Waals surface area contributed by atoms with Crippen LogP contribution in [0.5, 0.6) is 0 Å². The van der Waals surface area contributed by atoms with Crippen LogP contribution in [0.25, 0.3) is 20.9 Å². The standard InChI is InChI=1S/C62H113N9O26/c1-62(2,3)97-61(74)67-55-56-52-57(59(72)65-4-8-75-12-16-79-20-24-83-28-32-87-36-40-91-44-48-95-50-46-93-42-38-89-34-30-85-26-22-81-18-14-77-10-6-68-70-63)54-58(53-56)60(73)66-5-9-76-13-17-80-21-25-84-29-33-88-37-41-92-45-49-96-51-47-94-43-39-90-35-31-86-27-23-82-19-15-78-11-7-69-71-64/h52-54H,4-51,55H2,1-3H3,(H,65,72)(H,66,73)(H,67,74). The number of alkyl carbamates (subject to hydrolysis) is 1. The van der Waals surface area contributed by atoms with E-state index >= 15 is 0 Å². The maximum atomic E-state index is 13.3. The molecule has 0 bridgehead atoms. The predicted molar refractivity (Wildman–Crippen MR) is 350 cm³/mol. The summed E-state index contributed by atoms with van der Waals surface area (Å²) in [5, 5.41) is 15.1. The summed E-state index contributed by atoms with van der Waals surface area (Å²) in [5.41, 5.74) is 16.6. The number of hydrogen-bond acceptors (Lipinski definition) is 28. The second kappa shape index (κ2) is 72.4. The summed E-state index contributed by atoms with van der Waals surface area (Å²) in [7, 11) is 0. The highest BCUT2D eigenvalue weighted by Crippen LogP contribution is 2.13. The zero-order chi connectivity index (χ0) is 69.9. The third kappa shape index (κ3) is 68.1. The SMILES string of the molecule is CC(C)(C)OC(=O)NCc1cc(C(=O)NCCOCCOCCOCCOCCOCCOCCOCCOCCOCCOCCOCCN=[N+]=[N-])cc(C(=O)NCCOCCOCCOCCOCCOCCOCCOCCOCCOCCOCCOCCN=[N+]=[N-])c1. The van der Waals surface area contributed by atoms with Crippen LogP contribution >= 0.6 is 0 Å². The normalized spacial score (nSPS) is 11.4.